The molecule has 3 N–H and O–H groups in total. The summed E-state index contributed by atoms with van der Waals surface area (Å²) in [6.07, 6.45) is -5.11. The Morgan fingerprint density at radius 3 is 2.46 bits per heavy atom. The summed E-state index contributed by atoms with van der Waals surface area (Å²) in [6, 6.07) is 5.99. The summed E-state index contributed by atoms with van der Waals surface area (Å²) in [5.41, 5.74) is 1.11. The average Bonchev–Trinajstić information content (AvgIpc) is 3.28. The van der Waals surface area contributed by atoms with Gasteiger partial charge in [0.2, 0.25) is 0 Å². The lowest BCUT2D eigenvalue weighted by Gasteiger charge is -2.28. The van der Waals surface area contributed by atoms with Crippen LogP contribution in [0.1, 0.15) is 0 Å². The molecule has 0 aliphatic carbocycles. The van der Waals surface area contributed by atoms with Crippen molar-refractivity contribution in [3.05, 3.63) is 24.3 Å². The van der Waals surface area contributed by atoms with E-state index in [1.165, 1.54) is 7.11 Å². The second-order valence-corrected chi connectivity index (χ2v) is 7.88. The lowest BCUT2D eigenvalue weighted by Crippen LogP contribution is -2.37. The molecule has 0 atom stereocenters. The van der Waals surface area contributed by atoms with Gasteiger partial charge in [-0.3, -0.25) is 0 Å². The number of hydrogen-bond donors (Lipinski definition) is 3. The van der Waals surface area contributed by atoms with Gasteiger partial charge in [-0.1, -0.05) is 5.21 Å². The van der Waals surface area contributed by atoms with Crippen LogP contribution in [0.2, 0.25) is 0 Å². The number of amides is 3. The van der Waals surface area contributed by atoms with Gasteiger partial charge in [-0.15, -0.1) is 5.10 Å². The van der Waals surface area contributed by atoms with E-state index in [-0.39, 0.29) is 30.1 Å². The van der Waals surface area contributed by atoms with Crippen LogP contribution in [0, 0.1) is 0 Å². The van der Waals surface area contributed by atoms with Crippen LogP contribution in [0.4, 0.5) is 34.3 Å². The molecular weight excluding hydrogens is 499 g/mol. The first-order valence-corrected chi connectivity index (χ1v) is 11.2. The van der Waals surface area contributed by atoms with Gasteiger partial charge in [0.1, 0.15) is 6.54 Å². The lowest BCUT2D eigenvalue weighted by molar-refractivity contribution is -0.142. The standard InChI is InChI=1S/C21H24F3N9O4/c1-36-20(35)26-7-6-25-19(34)27-14-4-2-13(3-5-14)16-28-17(32-8-10-37-11-9-32)15-18(29-16)33(31-30-15)12-21(22,23)24/h2-5H,6-12H2,1H3,(H,26,35)(H2,25,27,34). The third-order valence-corrected chi connectivity index (χ3v) is 5.25. The minimum Gasteiger partial charge on any atom is -0.453 e. The number of benzene rings is 1. The topological polar surface area (TPSA) is 148 Å². The fraction of sp³-hybridized carbons (Fsp3) is 0.429. The van der Waals surface area contributed by atoms with Gasteiger partial charge in [0, 0.05) is 37.4 Å². The fourth-order valence-electron chi connectivity index (χ4n) is 3.53. The number of methoxy groups -OCH3 is 1. The molecule has 0 spiro atoms. The van der Waals surface area contributed by atoms with Crippen molar-refractivity contribution in [2.24, 2.45) is 0 Å². The van der Waals surface area contributed by atoms with Crippen molar-refractivity contribution in [3.8, 4) is 11.4 Å². The SMILES string of the molecule is COC(=O)NCCNC(=O)Nc1ccc(-c2nc(N3CCOCC3)c3nnn(CC(F)(F)F)c3n2)cc1. The summed E-state index contributed by atoms with van der Waals surface area (Å²) < 4.78 is 49.8. The predicted molar refractivity (Wildman–Crippen MR) is 125 cm³/mol. The Balaban J connectivity index is 1.53. The Hall–Kier alpha value is -4.21. The van der Waals surface area contributed by atoms with Crippen molar-refractivity contribution in [1.82, 2.24) is 35.6 Å². The number of carbonyl (C=O) groups is 2. The molecule has 1 saturated heterocycles. The lowest BCUT2D eigenvalue weighted by atomic mass is 10.2. The van der Waals surface area contributed by atoms with Crippen LogP contribution in [-0.2, 0) is 16.0 Å². The van der Waals surface area contributed by atoms with Gasteiger partial charge in [0.25, 0.3) is 0 Å². The van der Waals surface area contributed by atoms with Crippen LogP contribution < -0.4 is 20.9 Å². The molecular formula is C21H24F3N9O4. The van der Waals surface area contributed by atoms with Gasteiger partial charge >= 0.3 is 18.3 Å². The number of aromatic nitrogens is 5. The minimum atomic E-state index is -4.51. The summed E-state index contributed by atoms with van der Waals surface area (Å²) in [7, 11) is 1.24. The van der Waals surface area contributed by atoms with Gasteiger partial charge in [-0.25, -0.2) is 24.2 Å². The number of urea groups is 1. The molecule has 1 aliphatic rings. The van der Waals surface area contributed by atoms with E-state index in [0.717, 1.165) is 0 Å². The zero-order valence-electron chi connectivity index (χ0n) is 19.7. The number of hydrogen-bond acceptors (Lipinski definition) is 9. The van der Waals surface area contributed by atoms with E-state index in [1.54, 1.807) is 24.3 Å². The number of rotatable bonds is 7. The monoisotopic (exact) mass is 523 g/mol. The molecule has 0 bridgehead atoms. The molecule has 1 aromatic carbocycles. The number of alkyl halides is 3. The number of fused-ring (bicyclic) bond motifs is 1. The van der Waals surface area contributed by atoms with E-state index in [2.05, 4.69) is 41.0 Å². The number of nitrogens with zero attached hydrogens (tertiary/aromatic N) is 6. The number of anilines is 2. The van der Waals surface area contributed by atoms with E-state index in [1.807, 2.05) is 4.90 Å². The minimum absolute atomic E-state index is 0.0361. The number of halogens is 3. The molecule has 2 aromatic heterocycles. The quantitative estimate of drug-likeness (QED) is 0.394. The van der Waals surface area contributed by atoms with Gasteiger partial charge in [-0.05, 0) is 24.3 Å². The summed E-state index contributed by atoms with van der Waals surface area (Å²) in [4.78, 5) is 33.8. The van der Waals surface area contributed by atoms with Crippen molar-refractivity contribution in [2.75, 3.05) is 56.7 Å². The summed E-state index contributed by atoms with van der Waals surface area (Å²) in [5.74, 6) is 0.559. The maximum absolute atomic E-state index is 13.1. The van der Waals surface area contributed by atoms with E-state index in [0.29, 0.717) is 48.1 Å². The van der Waals surface area contributed by atoms with Gasteiger partial charge < -0.3 is 30.3 Å². The van der Waals surface area contributed by atoms with E-state index < -0.39 is 24.8 Å². The first-order chi connectivity index (χ1) is 17.7. The van der Waals surface area contributed by atoms with Gasteiger partial charge in [0.15, 0.2) is 22.8 Å². The summed E-state index contributed by atoms with van der Waals surface area (Å²) in [6.45, 7) is 0.892. The van der Waals surface area contributed by atoms with E-state index in [4.69, 9.17) is 4.74 Å². The zero-order valence-corrected chi connectivity index (χ0v) is 19.7. The predicted octanol–water partition coefficient (Wildman–Crippen LogP) is 1.76. The maximum atomic E-state index is 13.1. The van der Waals surface area contributed by atoms with Gasteiger partial charge in [-0.2, -0.15) is 13.2 Å². The molecule has 1 fully saturated rings. The van der Waals surface area contributed by atoms with Crippen molar-refractivity contribution < 1.29 is 32.2 Å². The Morgan fingerprint density at radius 2 is 1.78 bits per heavy atom. The van der Waals surface area contributed by atoms with Crippen molar-refractivity contribution in [2.45, 2.75) is 12.7 Å². The number of nitrogens with one attached hydrogen (secondary N) is 3. The van der Waals surface area contributed by atoms with Crippen LogP contribution >= 0.6 is 0 Å². The molecule has 198 valence electrons. The highest BCUT2D eigenvalue weighted by Crippen LogP contribution is 2.28. The smallest absolute Gasteiger partial charge is 0.408 e. The first-order valence-electron chi connectivity index (χ1n) is 11.2. The second-order valence-electron chi connectivity index (χ2n) is 7.88. The van der Waals surface area contributed by atoms with Crippen LogP contribution in [0.25, 0.3) is 22.6 Å². The molecule has 3 heterocycles. The Morgan fingerprint density at radius 1 is 1.08 bits per heavy atom. The molecule has 4 rings (SSSR count). The van der Waals surface area contributed by atoms with E-state index in [9.17, 15) is 22.8 Å². The van der Waals surface area contributed by atoms with Crippen LogP contribution in [-0.4, -0.2) is 89.8 Å². The highest BCUT2D eigenvalue weighted by molar-refractivity contribution is 5.90. The summed E-state index contributed by atoms with van der Waals surface area (Å²) in [5, 5.41) is 15.2. The number of ether oxygens (including phenoxy) is 2. The highest BCUT2D eigenvalue weighted by Gasteiger charge is 2.31. The van der Waals surface area contributed by atoms with Crippen molar-refractivity contribution in [3.63, 3.8) is 0 Å². The molecule has 13 nitrogen and oxygen atoms in total. The Kier molecular flexibility index (Phi) is 7.86. The number of carbonyl (C=O) groups excluding carboxylic acids is 2. The maximum Gasteiger partial charge on any atom is 0.408 e. The molecule has 3 amide bonds. The number of morpholine rings is 1. The number of alkyl carbamates (subject to hydrolysis) is 1. The van der Waals surface area contributed by atoms with Gasteiger partial charge in [0.05, 0.1) is 20.3 Å². The average molecular weight is 523 g/mol. The summed E-state index contributed by atoms with van der Waals surface area (Å²) >= 11 is 0. The van der Waals surface area contributed by atoms with Crippen LogP contribution in [0.3, 0.4) is 0 Å². The van der Waals surface area contributed by atoms with Crippen LogP contribution in [0.15, 0.2) is 24.3 Å². The zero-order chi connectivity index (χ0) is 26.4. The Labute approximate surface area is 208 Å². The van der Waals surface area contributed by atoms with Crippen molar-refractivity contribution in [1.29, 1.82) is 0 Å². The van der Waals surface area contributed by atoms with Crippen LogP contribution in [0.5, 0.6) is 0 Å². The highest BCUT2D eigenvalue weighted by atomic mass is 19.4. The molecule has 37 heavy (non-hydrogen) atoms. The second kappa shape index (κ2) is 11.2. The largest absolute Gasteiger partial charge is 0.453 e. The first kappa shape index (κ1) is 25.9. The molecule has 0 unspecified atom stereocenters. The Bertz CT molecular complexity index is 1240. The normalized spacial score (nSPS) is 13.9. The molecule has 3 aromatic rings. The van der Waals surface area contributed by atoms with Crippen molar-refractivity contribution >= 4 is 34.8 Å². The molecule has 1 aliphatic heterocycles. The molecule has 16 heteroatoms. The molecule has 0 radical (unpaired) electrons. The molecule has 0 saturated carbocycles. The third kappa shape index (κ3) is 6.72. The third-order valence-electron chi connectivity index (χ3n) is 5.25. The van der Waals surface area contributed by atoms with E-state index >= 15 is 0 Å². The fourth-order valence-corrected chi connectivity index (χ4v) is 3.53.